The molecule has 1 saturated heterocycles. The Hall–Kier alpha value is -3.33. The topological polar surface area (TPSA) is 71.1 Å². The lowest BCUT2D eigenvalue weighted by Gasteiger charge is -2.44. The fraction of sp³-hybridized carbons (Fsp3) is 0.389. The third kappa shape index (κ3) is 7.24. The molecular formula is C36H39BrClN3O4. The maximum absolute atomic E-state index is 14.5. The summed E-state index contributed by atoms with van der Waals surface area (Å²) in [7, 11) is 0. The summed E-state index contributed by atoms with van der Waals surface area (Å²) < 4.78 is 12.9. The van der Waals surface area contributed by atoms with Crippen molar-refractivity contribution in [2.24, 2.45) is 0 Å². The van der Waals surface area contributed by atoms with Crippen molar-refractivity contribution in [1.29, 1.82) is 0 Å². The van der Waals surface area contributed by atoms with Crippen molar-refractivity contribution in [1.82, 2.24) is 15.1 Å². The van der Waals surface area contributed by atoms with Crippen molar-refractivity contribution in [2.45, 2.75) is 64.7 Å². The van der Waals surface area contributed by atoms with Crippen LogP contribution in [-0.4, -0.2) is 66.0 Å². The van der Waals surface area contributed by atoms with Gasteiger partial charge < -0.3 is 24.6 Å². The third-order valence-corrected chi connectivity index (χ3v) is 10.1. The first-order valence-corrected chi connectivity index (χ1v) is 16.8. The molecule has 2 amide bonds. The molecule has 0 radical (unpaired) electrons. The second-order valence-corrected chi connectivity index (χ2v) is 13.5. The van der Waals surface area contributed by atoms with Crippen LogP contribution >= 0.6 is 27.5 Å². The zero-order valence-electron chi connectivity index (χ0n) is 25.9. The monoisotopic (exact) mass is 691 g/mol. The molecule has 3 aromatic carbocycles. The molecule has 3 aromatic rings. The smallest absolute Gasteiger partial charge is 0.252 e. The summed E-state index contributed by atoms with van der Waals surface area (Å²) >= 11 is 10.0. The Morgan fingerprint density at radius 3 is 2.42 bits per heavy atom. The van der Waals surface area contributed by atoms with Gasteiger partial charge >= 0.3 is 0 Å². The van der Waals surface area contributed by atoms with Crippen molar-refractivity contribution >= 4 is 44.9 Å². The van der Waals surface area contributed by atoms with Crippen LogP contribution in [0, 0.1) is 13.8 Å². The van der Waals surface area contributed by atoms with Gasteiger partial charge in [-0.25, -0.2) is 0 Å². The van der Waals surface area contributed by atoms with E-state index >= 15 is 0 Å². The van der Waals surface area contributed by atoms with Crippen LogP contribution in [0.4, 0.5) is 0 Å². The van der Waals surface area contributed by atoms with E-state index in [1.807, 2.05) is 78.2 Å². The van der Waals surface area contributed by atoms with Gasteiger partial charge in [-0.1, -0.05) is 57.9 Å². The van der Waals surface area contributed by atoms with Gasteiger partial charge in [-0.15, -0.1) is 0 Å². The molecule has 2 atom stereocenters. The fourth-order valence-electron chi connectivity index (χ4n) is 6.27. The summed E-state index contributed by atoms with van der Waals surface area (Å²) in [5.74, 6) is 1.47. The summed E-state index contributed by atoms with van der Waals surface area (Å²) in [5, 5.41) is 4.26. The average Bonchev–Trinajstić information content (AvgIpc) is 3.86. The normalized spacial score (nSPS) is 19.4. The van der Waals surface area contributed by atoms with Crippen LogP contribution in [0.25, 0.3) is 5.57 Å². The van der Waals surface area contributed by atoms with Crippen LogP contribution in [0.3, 0.4) is 0 Å². The van der Waals surface area contributed by atoms with Crippen LogP contribution < -0.4 is 14.8 Å². The van der Waals surface area contributed by atoms with E-state index in [0.29, 0.717) is 50.0 Å². The number of nitrogens with one attached hydrogen (secondary N) is 1. The molecule has 2 bridgehead atoms. The molecular weight excluding hydrogens is 654 g/mol. The van der Waals surface area contributed by atoms with Crippen LogP contribution in [0.1, 0.15) is 48.4 Å². The Labute approximate surface area is 278 Å². The summed E-state index contributed by atoms with van der Waals surface area (Å²) in [4.78, 5) is 30.9. The van der Waals surface area contributed by atoms with Gasteiger partial charge in [-0.3, -0.25) is 9.59 Å². The predicted octanol–water partition coefficient (Wildman–Crippen LogP) is 6.71. The first kappa shape index (κ1) is 31.6. The SMILES string of the molecule is CC(=O)N1C[C@H]2CC(c3ccc(OCCOc4cc(C)c(C)cc4Cl)cc3)=C(C(=O)N(Cc3ccccc3Br)C3CC3)[C@@H](C1)N2. The van der Waals surface area contributed by atoms with E-state index in [2.05, 4.69) is 27.3 Å². The highest BCUT2D eigenvalue weighted by Crippen LogP contribution is 2.38. The highest BCUT2D eigenvalue weighted by molar-refractivity contribution is 9.10. The van der Waals surface area contributed by atoms with E-state index in [9.17, 15) is 9.59 Å². The lowest BCUT2D eigenvalue weighted by Crippen LogP contribution is -2.61. The van der Waals surface area contributed by atoms with E-state index in [4.69, 9.17) is 21.1 Å². The van der Waals surface area contributed by atoms with Gasteiger partial charge in [0.15, 0.2) is 0 Å². The minimum atomic E-state index is -0.227. The number of hydrogen-bond acceptors (Lipinski definition) is 5. The molecule has 0 unspecified atom stereocenters. The van der Waals surface area contributed by atoms with Crippen LogP contribution in [-0.2, 0) is 16.1 Å². The number of hydrogen-bond donors (Lipinski definition) is 1. The third-order valence-electron chi connectivity index (χ3n) is 8.99. The Kier molecular flexibility index (Phi) is 9.54. The van der Waals surface area contributed by atoms with E-state index in [1.54, 1.807) is 6.92 Å². The highest BCUT2D eigenvalue weighted by Gasteiger charge is 2.43. The van der Waals surface area contributed by atoms with E-state index in [0.717, 1.165) is 56.5 Å². The molecule has 1 saturated carbocycles. The average molecular weight is 693 g/mol. The van der Waals surface area contributed by atoms with E-state index in [-0.39, 0.29) is 29.9 Å². The Morgan fingerprint density at radius 1 is 1.00 bits per heavy atom. The number of halogens is 2. The van der Waals surface area contributed by atoms with Crippen molar-refractivity contribution in [2.75, 3.05) is 26.3 Å². The number of fused-ring (bicyclic) bond motifs is 2. The minimum Gasteiger partial charge on any atom is -0.490 e. The highest BCUT2D eigenvalue weighted by atomic mass is 79.9. The van der Waals surface area contributed by atoms with Gasteiger partial charge in [-0.05, 0) is 91.3 Å². The predicted molar refractivity (Wildman–Crippen MR) is 181 cm³/mol. The fourth-order valence-corrected chi connectivity index (χ4v) is 6.95. The van der Waals surface area contributed by atoms with Crippen LogP contribution in [0.5, 0.6) is 11.5 Å². The van der Waals surface area contributed by atoms with Crippen molar-refractivity contribution in [3.05, 3.63) is 98.0 Å². The number of ether oxygens (including phenoxy) is 2. The number of aryl methyl sites for hydroxylation is 2. The van der Waals surface area contributed by atoms with Gasteiger partial charge in [0.25, 0.3) is 5.91 Å². The van der Waals surface area contributed by atoms with Crippen molar-refractivity contribution < 1.29 is 19.1 Å². The lowest BCUT2D eigenvalue weighted by molar-refractivity contribution is -0.132. The number of carbonyl (C=O) groups is 2. The summed E-state index contributed by atoms with van der Waals surface area (Å²) in [5.41, 5.74) is 6.16. The van der Waals surface area contributed by atoms with Crippen LogP contribution in [0.15, 0.2) is 70.7 Å². The van der Waals surface area contributed by atoms with Crippen molar-refractivity contribution in [3.8, 4) is 11.5 Å². The van der Waals surface area contributed by atoms with Gasteiger partial charge in [-0.2, -0.15) is 0 Å². The zero-order valence-corrected chi connectivity index (χ0v) is 28.3. The molecule has 1 N–H and O–H groups in total. The molecule has 9 heteroatoms. The molecule has 236 valence electrons. The molecule has 6 rings (SSSR count). The first-order valence-electron chi connectivity index (χ1n) is 15.6. The maximum Gasteiger partial charge on any atom is 0.252 e. The molecule has 1 aliphatic carbocycles. The second kappa shape index (κ2) is 13.6. The van der Waals surface area contributed by atoms with Crippen LogP contribution in [0.2, 0.25) is 5.02 Å². The van der Waals surface area contributed by atoms with Gasteiger partial charge in [0.1, 0.15) is 24.7 Å². The molecule has 3 aliphatic rings. The second-order valence-electron chi connectivity index (χ2n) is 12.3. The van der Waals surface area contributed by atoms with E-state index in [1.165, 1.54) is 0 Å². The van der Waals surface area contributed by atoms with E-state index < -0.39 is 0 Å². The molecule has 0 spiro atoms. The number of amides is 2. The minimum absolute atomic E-state index is 0.0410. The van der Waals surface area contributed by atoms with Gasteiger partial charge in [0, 0.05) is 48.7 Å². The number of nitrogens with zero attached hydrogens (tertiary/aromatic N) is 2. The maximum atomic E-state index is 14.5. The largest absolute Gasteiger partial charge is 0.490 e. The molecule has 2 fully saturated rings. The first-order chi connectivity index (χ1) is 21.7. The standard InChI is InChI=1S/C36H39BrClN3O4/c1-22-16-32(38)34(17-23(22)2)45-15-14-44-29-12-8-25(9-13-29)30-18-27-20-40(24(3)42)21-33(39-27)35(30)36(43)41(28-10-11-28)19-26-6-4-5-7-31(26)37/h4-9,12-13,16-17,27-28,33,39H,10-11,14-15,18-21H2,1-3H3/t27-,33-/m1/s1. The number of carbonyl (C=O) groups excluding carboxylic acids is 2. The molecule has 45 heavy (non-hydrogen) atoms. The Bertz CT molecular complexity index is 1620. The molecule has 0 aromatic heterocycles. The number of rotatable bonds is 10. The van der Waals surface area contributed by atoms with Gasteiger partial charge in [0.2, 0.25) is 5.91 Å². The molecule has 2 heterocycles. The van der Waals surface area contributed by atoms with Gasteiger partial charge in [0.05, 0.1) is 11.1 Å². The Balaban J connectivity index is 1.22. The number of benzene rings is 3. The molecule has 2 aliphatic heterocycles. The molecule has 7 nitrogen and oxygen atoms in total. The summed E-state index contributed by atoms with van der Waals surface area (Å²) in [6.07, 6.45) is 2.68. The zero-order chi connectivity index (χ0) is 31.7. The summed E-state index contributed by atoms with van der Waals surface area (Å²) in [6, 6.07) is 20.0. The lowest BCUT2D eigenvalue weighted by atomic mass is 9.82. The summed E-state index contributed by atoms with van der Waals surface area (Å²) in [6.45, 7) is 8.05. The number of piperazine rings is 1. The quantitative estimate of drug-likeness (QED) is 0.239. The Morgan fingerprint density at radius 2 is 1.71 bits per heavy atom. The van der Waals surface area contributed by atoms with Crippen molar-refractivity contribution in [3.63, 3.8) is 0 Å².